The van der Waals surface area contributed by atoms with Gasteiger partial charge in [-0.1, -0.05) is 30.3 Å². The normalized spacial score (nSPS) is 14.7. The zero-order valence-corrected chi connectivity index (χ0v) is 16.1. The molecule has 4 rings (SSSR count). The Morgan fingerprint density at radius 3 is 2.59 bits per heavy atom. The molecule has 0 unspecified atom stereocenters. The highest BCUT2D eigenvalue weighted by Gasteiger charge is 2.29. The third-order valence-corrected chi connectivity index (χ3v) is 5.39. The number of hydrogen-bond acceptors (Lipinski definition) is 6. The van der Waals surface area contributed by atoms with Crippen LogP contribution in [-0.4, -0.2) is 23.9 Å². The summed E-state index contributed by atoms with van der Waals surface area (Å²) < 4.78 is 4.74. The summed E-state index contributed by atoms with van der Waals surface area (Å²) in [5, 5.41) is 6.24. The molecule has 2 heterocycles. The van der Waals surface area contributed by atoms with E-state index in [0.29, 0.717) is 5.56 Å². The first-order valence-corrected chi connectivity index (χ1v) is 9.47. The zero-order valence-electron chi connectivity index (χ0n) is 15.3. The Kier molecular flexibility index (Phi) is 4.28. The molecule has 0 fully saturated rings. The lowest BCUT2D eigenvalue weighted by Gasteiger charge is -2.30. The molecule has 0 atom stereocenters. The molecule has 1 aliphatic rings. The maximum absolute atomic E-state index is 11.6. The van der Waals surface area contributed by atoms with Crippen LogP contribution in [-0.2, 0) is 10.3 Å². The van der Waals surface area contributed by atoms with E-state index < -0.39 is 0 Å². The first-order chi connectivity index (χ1) is 13.0. The molecule has 0 saturated carbocycles. The van der Waals surface area contributed by atoms with E-state index in [9.17, 15) is 4.79 Å². The molecule has 6 heteroatoms. The molecule has 0 saturated heterocycles. The fraction of sp³-hybridized carbons (Fsp3) is 0.190. The van der Waals surface area contributed by atoms with Gasteiger partial charge in [0.05, 0.1) is 23.9 Å². The van der Waals surface area contributed by atoms with Gasteiger partial charge in [0.1, 0.15) is 0 Å². The van der Waals surface area contributed by atoms with E-state index in [1.807, 2.05) is 29.6 Å². The van der Waals surface area contributed by atoms with E-state index in [-0.39, 0.29) is 11.5 Å². The number of rotatable bonds is 3. The van der Waals surface area contributed by atoms with Crippen LogP contribution in [0.15, 0.2) is 58.9 Å². The Bertz CT molecular complexity index is 1040. The molecular formula is C21H19N3O2S. The van der Waals surface area contributed by atoms with Gasteiger partial charge in [0.2, 0.25) is 0 Å². The molecule has 0 aliphatic carbocycles. The molecule has 0 spiro atoms. The van der Waals surface area contributed by atoms with Crippen molar-refractivity contribution >= 4 is 28.8 Å². The van der Waals surface area contributed by atoms with Crippen LogP contribution in [0.2, 0.25) is 0 Å². The van der Waals surface area contributed by atoms with Gasteiger partial charge in [0.25, 0.3) is 0 Å². The number of fused-ring (bicyclic) bond motifs is 1. The smallest absolute Gasteiger partial charge is 0.337 e. The second-order valence-corrected chi connectivity index (χ2v) is 7.65. The van der Waals surface area contributed by atoms with Crippen LogP contribution in [0.1, 0.15) is 34.8 Å². The van der Waals surface area contributed by atoms with Crippen LogP contribution in [0.4, 0.5) is 5.69 Å². The summed E-state index contributed by atoms with van der Waals surface area (Å²) in [5.74, 6) is 0.434. The Morgan fingerprint density at radius 1 is 1.11 bits per heavy atom. The number of nitrogens with one attached hydrogen (secondary N) is 1. The van der Waals surface area contributed by atoms with Gasteiger partial charge in [-0.15, -0.1) is 11.3 Å². The van der Waals surface area contributed by atoms with E-state index in [2.05, 4.69) is 31.3 Å². The molecule has 1 aliphatic heterocycles. The fourth-order valence-electron chi connectivity index (χ4n) is 3.13. The second kappa shape index (κ2) is 6.63. The van der Waals surface area contributed by atoms with Gasteiger partial charge in [0.15, 0.2) is 10.8 Å². The van der Waals surface area contributed by atoms with Crippen LogP contribution in [0.5, 0.6) is 0 Å². The van der Waals surface area contributed by atoms with Gasteiger partial charge in [-0.3, -0.25) is 4.99 Å². The van der Waals surface area contributed by atoms with Gasteiger partial charge < -0.3 is 10.1 Å². The van der Waals surface area contributed by atoms with Gasteiger partial charge >= 0.3 is 5.97 Å². The van der Waals surface area contributed by atoms with Crippen LogP contribution < -0.4 is 5.32 Å². The monoisotopic (exact) mass is 377 g/mol. The van der Waals surface area contributed by atoms with Crippen LogP contribution in [0, 0.1) is 0 Å². The number of hydrogen-bond donors (Lipinski definition) is 1. The topological polar surface area (TPSA) is 63.6 Å². The third kappa shape index (κ3) is 3.24. The predicted molar refractivity (Wildman–Crippen MR) is 109 cm³/mol. The van der Waals surface area contributed by atoms with Crippen molar-refractivity contribution in [2.75, 3.05) is 12.4 Å². The number of aliphatic imine (C=N–C) groups is 1. The van der Waals surface area contributed by atoms with E-state index in [0.717, 1.165) is 27.8 Å². The van der Waals surface area contributed by atoms with Crippen molar-refractivity contribution < 1.29 is 9.53 Å². The molecule has 0 bridgehead atoms. The highest BCUT2D eigenvalue weighted by Crippen LogP contribution is 2.36. The number of benzene rings is 2. The van der Waals surface area contributed by atoms with Crippen molar-refractivity contribution in [2.24, 2.45) is 4.99 Å². The number of carbonyl (C=O) groups is 1. The number of thiazole rings is 1. The van der Waals surface area contributed by atoms with E-state index in [1.54, 1.807) is 23.5 Å². The quantitative estimate of drug-likeness (QED) is 0.672. The third-order valence-electron chi connectivity index (χ3n) is 4.54. The Labute approximate surface area is 161 Å². The number of anilines is 1. The average molecular weight is 377 g/mol. The Morgan fingerprint density at radius 2 is 1.85 bits per heavy atom. The maximum atomic E-state index is 11.6. The molecule has 3 aromatic rings. The number of nitrogens with zero attached hydrogens (tertiary/aromatic N) is 2. The van der Waals surface area contributed by atoms with E-state index in [1.165, 1.54) is 12.7 Å². The molecule has 136 valence electrons. The minimum absolute atomic E-state index is 0.314. The molecular weight excluding hydrogens is 358 g/mol. The summed E-state index contributed by atoms with van der Waals surface area (Å²) in [6, 6.07) is 15.4. The van der Waals surface area contributed by atoms with Crippen LogP contribution in [0.3, 0.4) is 0 Å². The first kappa shape index (κ1) is 17.4. The fourth-order valence-corrected chi connectivity index (χ4v) is 3.90. The van der Waals surface area contributed by atoms with Gasteiger partial charge in [-0.2, -0.15) is 0 Å². The Balaban J connectivity index is 1.64. The summed E-state index contributed by atoms with van der Waals surface area (Å²) in [7, 11) is 1.38. The molecule has 1 aromatic heterocycles. The van der Waals surface area contributed by atoms with Crippen molar-refractivity contribution in [2.45, 2.75) is 19.4 Å². The summed E-state index contributed by atoms with van der Waals surface area (Å²) in [5.41, 5.74) is 4.24. The molecule has 0 amide bonds. The second-order valence-electron chi connectivity index (χ2n) is 6.80. The maximum Gasteiger partial charge on any atom is 0.337 e. The van der Waals surface area contributed by atoms with Crippen molar-refractivity contribution in [3.63, 3.8) is 0 Å². The lowest BCUT2D eigenvalue weighted by Crippen LogP contribution is -2.29. The number of ether oxygens (including phenoxy) is 1. The average Bonchev–Trinajstić information content (AvgIpc) is 3.17. The number of methoxy groups -OCH3 is 1. The highest BCUT2D eigenvalue weighted by molar-refractivity contribution is 7.12. The lowest BCUT2D eigenvalue weighted by molar-refractivity contribution is 0.0601. The van der Waals surface area contributed by atoms with E-state index >= 15 is 0 Å². The van der Waals surface area contributed by atoms with Crippen molar-refractivity contribution in [1.29, 1.82) is 0 Å². The number of aromatic nitrogens is 1. The predicted octanol–water partition coefficient (Wildman–Crippen LogP) is 4.70. The van der Waals surface area contributed by atoms with Crippen molar-refractivity contribution in [3.05, 3.63) is 70.0 Å². The van der Waals surface area contributed by atoms with Crippen LogP contribution >= 0.6 is 11.3 Å². The zero-order chi connectivity index (χ0) is 19.0. The van der Waals surface area contributed by atoms with Gasteiger partial charge in [-0.05, 0) is 32.0 Å². The van der Waals surface area contributed by atoms with Crippen LogP contribution in [0.25, 0.3) is 11.3 Å². The Hall–Kier alpha value is -2.99. The summed E-state index contributed by atoms with van der Waals surface area (Å²) in [6.07, 6.45) is 0. The number of carbonyl (C=O) groups excluding carboxylic acids is 1. The summed E-state index contributed by atoms with van der Waals surface area (Å²) >= 11 is 1.55. The SMILES string of the molecule is COC(=O)c1ccc(-c2csc(C3=NC(C)(C)c4ccccc4N3)n2)cc1. The largest absolute Gasteiger partial charge is 0.465 e. The standard InChI is InChI=1S/C21H19N3O2S/c1-21(2)15-6-4-5-7-16(15)22-18(24-21)19-23-17(12-27-19)13-8-10-14(11-9-13)20(25)26-3/h4-12H,1-3H3,(H,22,24). The minimum atomic E-state index is -0.345. The van der Waals surface area contributed by atoms with Crippen molar-refractivity contribution in [1.82, 2.24) is 4.98 Å². The molecule has 1 N–H and O–H groups in total. The van der Waals surface area contributed by atoms with Gasteiger partial charge in [0, 0.05) is 22.2 Å². The molecule has 5 nitrogen and oxygen atoms in total. The minimum Gasteiger partial charge on any atom is -0.465 e. The molecule has 2 aromatic carbocycles. The summed E-state index contributed by atoms with van der Waals surface area (Å²) in [6.45, 7) is 4.21. The lowest BCUT2D eigenvalue weighted by atomic mass is 9.92. The molecule has 27 heavy (non-hydrogen) atoms. The highest BCUT2D eigenvalue weighted by atomic mass is 32.1. The number of esters is 1. The molecule has 0 radical (unpaired) electrons. The van der Waals surface area contributed by atoms with Gasteiger partial charge in [-0.25, -0.2) is 9.78 Å². The van der Waals surface area contributed by atoms with Crippen molar-refractivity contribution in [3.8, 4) is 11.3 Å². The summed E-state index contributed by atoms with van der Waals surface area (Å²) in [4.78, 5) is 21.2. The number of para-hydroxylation sites is 1. The first-order valence-electron chi connectivity index (χ1n) is 8.59. The number of amidine groups is 1. The van der Waals surface area contributed by atoms with E-state index in [4.69, 9.17) is 14.7 Å².